The van der Waals surface area contributed by atoms with Gasteiger partial charge in [-0.15, -0.1) is 0 Å². The molecular weight excluding hydrogens is 150 g/mol. The molecular formula is C10H19NO. The van der Waals surface area contributed by atoms with E-state index >= 15 is 0 Å². The third-order valence-electron chi connectivity index (χ3n) is 2.80. The van der Waals surface area contributed by atoms with E-state index < -0.39 is 0 Å². The molecule has 0 unspecified atom stereocenters. The highest BCUT2D eigenvalue weighted by molar-refractivity contribution is 4.94. The van der Waals surface area contributed by atoms with Crippen molar-refractivity contribution in [2.45, 2.75) is 44.2 Å². The predicted octanol–water partition coefficient (Wildman–Crippen LogP) is 1.65. The lowest BCUT2D eigenvalue weighted by Gasteiger charge is -2.20. The summed E-state index contributed by atoms with van der Waals surface area (Å²) in [6.07, 6.45) is 7.00. The van der Waals surface area contributed by atoms with Gasteiger partial charge in [0.25, 0.3) is 0 Å². The van der Waals surface area contributed by atoms with Crippen LogP contribution >= 0.6 is 0 Å². The molecule has 0 N–H and O–H groups in total. The lowest BCUT2D eigenvalue weighted by Crippen LogP contribution is -2.30. The van der Waals surface area contributed by atoms with Gasteiger partial charge in [-0.05, 0) is 32.1 Å². The predicted molar refractivity (Wildman–Crippen MR) is 49.2 cm³/mol. The normalized spacial score (nSPS) is 23.5. The highest BCUT2D eigenvalue weighted by Gasteiger charge is 2.38. The number of nitrogens with zero attached hydrogens (tertiary/aromatic N) is 1. The quantitative estimate of drug-likeness (QED) is 0.561. The molecule has 0 aromatic rings. The topological polar surface area (TPSA) is 12.5 Å². The molecule has 2 nitrogen and oxygen atoms in total. The highest BCUT2D eigenvalue weighted by atomic mass is 16.5. The van der Waals surface area contributed by atoms with Crippen LogP contribution in [0.25, 0.3) is 0 Å². The van der Waals surface area contributed by atoms with Gasteiger partial charge in [0.05, 0.1) is 0 Å². The van der Waals surface area contributed by atoms with Crippen LogP contribution < -0.4 is 0 Å². The Kier molecular flexibility index (Phi) is 2.66. The molecule has 0 atom stereocenters. The van der Waals surface area contributed by atoms with Gasteiger partial charge in [-0.3, -0.25) is 4.90 Å². The molecule has 2 fully saturated rings. The largest absolute Gasteiger partial charge is 0.385 e. The fourth-order valence-electron chi connectivity index (χ4n) is 1.87. The van der Waals surface area contributed by atoms with E-state index in [9.17, 15) is 0 Å². The maximum absolute atomic E-state index is 5.07. The smallest absolute Gasteiger partial charge is 0.0474 e. The molecule has 0 radical (unpaired) electrons. The Bertz CT molecular complexity index is 129. The number of methoxy groups -OCH3 is 1. The third-order valence-corrected chi connectivity index (χ3v) is 2.80. The average Bonchev–Trinajstić information content (AvgIpc) is 2.87. The average molecular weight is 169 g/mol. The van der Waals surface area contributed by atoms with Crippen molar-refractivity contribution < 1.29 is 4.74 Å². The zero-order valence-electron chi connectivity index (χ0n) is 7.96. The van der Waals surface area contributed by atoms with Gasteiger partial charge in [0.15, 0.2) is 0 Å². The lowest BCUT2D eigenvalue weighted by atomic mass is 10.3. The maximum atomic E-state index is 5.07. The Hall–Kier alpha value is -0.0800. The van der Waals surface area contributed by atoms with E-state index in [1.165, 1.54) is 38.6 Å². The van der Waals surface area contributed by atoms with Gasteiger partial charge in [-0.2, -0.15) is 0 Å². The first kappa shape index (κ1) is 8.52. The second-order valence-electron chi connectivity index (χ2n) is 4.05. The standard InChI is InChI=1S/C10H19NO/c1-12-8-2-7-11(9-3-4-9)10-5-6-10/h9-10H,2-8H2,1H3. The lowest BCUT2D eigenvalue weighted by molar-refractivity contribution is 0.166. The van der Waals surface area contributed by atoms with Gasteiger partial charge in [0, 0.05) is 32.3 Å². The molecule has 2 aliphatic rings. The summed E-state index contributed by atoms with van der Waals surface area (Å²) < 4.78 is 5.07. The van der Waals surface area contributed by atoms with Crippen LogP contribution in [-0.4, -0.2) is 37.2 Å². The molecule has 0 amide bonds. The van der Waals surface area contributed by atoms with Crippen molar-refractivity contribution in [3.8, 4) is 0 Å². The summed E-state index contributed by atoms with van der Waals surface area (Å²) in [7, 11) is 1.79. The number of rotatable bonds is 6. The van der Waals surface area contributed by atoms with Crippen LogP contribution in [0.2, 0.25) is 0 Å². The number of hydrogen-bond donors (Lipinski definition) is 0. The minimum absolute atomic E-state index is 0.927. The molecule has 0 heterocycles. The van der Waals surface area contributed by atoms with E-state index in [2.05, 4.69) is 4.90 Å². The van der Waals surface area contributed by atoms with Gasteiger partial charge in [-0.1, -0.05) is 0 Å². The highest BCUT2D eigenvalue weighted by Crippen LogP contribution is 2.37. The maximum Gasteiger partial charge on any atom is 0.0474 e. The summed E-state index contributed by atoms with van der Waals surface area (Å²) in [5, 5.41) is 0. The molecule has 70 valence electrons. The van der Waals surface area contributed by atoms with Gasteiger partial charge in [0.2, 0.25) is 0 Å². The first-order valence-corrected chi connectivity index (χ1v) is 5.16. The van der Waals surface area contributed by atoms with Crippen LogP contribution in [0.3, 0.4) is 0 Å². The van der Waals surface area contributed by atoms with Crippen molar-refractivity contribution in [2.75, 3.05) is 20.3 Å². The first-order chi connectivity index (χ1) is 5.92. The van der Waals surface area contributed by atoms with Gasteiger partial charge < -0.3 is 4.74 Å². The molecule has 0 saturated heterocycles. The van der Waals surface area contributed by atoms with Gasteiger partial charge in [-0.25, -0.2) is 0 Å². The Labute approximate surface area is 74.9 Å². The summed E-state index contributed by atoms with van der Waals surface area (Å²) in [5.41, 5.74) is 0. The summed E-state index contributed by atoms with van der Waals surface area (Å²) in [4.78, 5) is 2.71. The summed E-state index contributed by atoms with van der Waals surface area (Å²) in [6.45, 7) is 2.19. The fraction of sp³-hybridized carbons (Fsp3) is 1.00. The zero-order valence-corrected chi connectivity index (χ0v) is 7.96. The van der Waals surface area contributed by atoms with Gasteiger partial charge in [0.1, 0.15) is 0 Å². The molecule has 0 aromatic carbocycles. The molecule has 0 aliphatic heterocycles. The molecule has 0 bridgehead atoms. The fourth-order valence-corrected chi connectivity index (χ4v) is 1.87. The van der Waals surface area contributed by atoms with Crippen LogP contribution in [0.1, 0.15) is 32.1 Å². The summed E-state index contributed by atoms with van der Waals surface area (Å²) in [6, 6.07) is 1.91. The third kappa shape index (κ3) is 2.20. The van der Waals surface area contributed by atoms with E-state index in [4.69, 9.17) is 4.74 Å². The van der Waals surface area contributed by atoms with Crippen LogP contribution in [0.5, 0.6) is 0 Å². The van der Waals surface area contributed by atoms with Crippen molar-refractivity contribution in [3.63, 3.8) is 0 Å². The molecule has 2 aliphatic carbocycles. The van der Waals surface area contributed by atoms with Crippen molar-refractivity contribution in [2.24, 2.45) is 0 Å². The molecule has 12 heavy (non-hydrogen) atoms. The zero-order chi connectivity index (χ0) is 8.39. The van der Waals surface area contributed by atoms with Crippen LogP contribution in [0.15, 0.2) is 0 Å². The summed E-state index contributed by atoms with van der Waals surface area (Å²) >= 11 is 0. The molecule has 0 spiro atoms. The van der Waals surface area contributed by atoms with Crippen LogP contribution in [-0.2, 0) is 4.74 Å². The Balaban J connectivity index is 1.66. The Morgan fingerprint density at radius 2 is 1.75 bits per heavy atom. The SMILES string of the molecule is COCCCN(C1CC1)C1CC1. The van der Waals surface area contributed by atoms with Crippen LogP contribution in [0, 0.1) is 0 Å². The number of ether oxygens (including phenoxy) is 1. The molecule has 0 aromatic heterocycles. The van der Waals surface area contributed by atoms with E-state index in [-0.39, 0.29) is 0 Å². The van der Waals surface area contributed by atoms with E-state index in [0.717, 1.165) is 18.7 Å². The first-order valence-electron chi connectivity index (χ1n) is 5.16. The molecule has 2 heteroatoms. The minimum atomic E-state index is 0.927. The monoisotopic (exact) mass is 169 g/mol. The Morgan fingerprint density at radius 1 is 1.17 bits per heavy atom. The molecule has 2 saturated carbocycles. The van der Waals surface area contributed by atoms with E-state index in [1.54, 1.807) is 7.11 Å². The Morgan fingerprint density at radius 3 is 2.17 bits per heavy atom. The van der Waals surface area contributed by atoms with Crippen molar-refractivity contribution in [1.82, 2.24) is 4.90 Å². The minimum Gasteiger partial charge on any atom is -0.385 e. The number of hydrogen-bond acceptors (Lipinski definition) is 2. The van der Waals surface area contributed by atoms with E-state index in [1.807, 2.05) is 0 Å². The van der Waals surface area contributed by atoms with Crippen molar-refractivity contribution in [1.29, 1.82) is 0 Å². The summed E-state index contributed by atoms with van der Waals surface area (Å²) in [5.74, 6) is 0. The van der Waals surface area contributed by atoms with Crippen molar-refractivity contribution >= 4 is 0 Å². The second kappa shape index (κ2) is 3.75. The van der Waals surface area contributed by atoms with Crippen molar-refractivity contribution in [3.05, 3.63) is 0 Å². The molecule has 2 rings (SSSR count). The van der Waals surface area contributed by atoms with Crippen LogP contribution in [0.4, 0.5) is 0 Å². The van der Waals surface area contributed by atoms with E-state index in [0.29, 0.717) is 0 Å². The van der Waals surface area contributed by atoms with Gasteiger partial charge >= 0.3 is 0 Å². The second-order valence-corrected chi connectivity index (χ2v) is 4.05.